The Bertz CT molecular complexity index is 1100. The summed E-state index contributed by atoms with van der Waals surface area (Å²) < 4.78 is 7.33. The second kappa shape index (κ2) is 6.78. The van der Waals surface area contributed by atoms with Crippen LogP contribution in [0.1, 0.15) is 17.0 Å². The molecule has 0 amide bonds. The summed E-state index contributed by atoms with van der Waals surface area (Å²) in [6.45, 7) is 3.95. The first-order chi connectivity index (χ1) is 12.6. The second-order valence-electron chi connectivity index (χ2n) is 6.06. The summed E-state index contributed by atoms with van der Waals surface area (Å²) in [6.07, 6.45) is 1.66. The largest absolute Gasteiger partial charge is 0.469 e. The number of thioether (sulfide) groups is 1. The van der Waals surface area contributed by atoms with Gasteiger partial charge in [0.2, 0.25) is 0 Å². The number of fused-ring (bicyclic) bond motifs is 1. The number of pyridine rings is 1. The SMILES string of the molecule is Cc1occc1-c1nnc(SCc2nc3ccccc3c(C)c2Cl)n1C. The summed E-state index contributed by atoms with van der Waals surface area (Å²) in [5, 5.41) is 11.2. The van der Waals surface area contributed by atoms with Gasteiger partial charge in [0.15, 0.2) is 11.0 Å². The molecule has 26 heavy (non-hydrogen) atoms. The van der Waals surface area contributed by atoms with Crippen molar-refractivity contribution in [1.29, 1.82) is 0 Å². The molecule has 7 heteroatoms. The van der Waals surface area contributed by atoms with Gasteiger partial charge >= 0.3 is 0 Å². The van der Waals surface area contributed by atoms with Crippen LogP contribution in [0.4, 0.5) is 0 Å². The third kappa shape index (κ3) is 2.89. The van der Waals surface area contributed by atoms with Crippen LogP contribution in [-0.2, 0) is 12.8 Å². The fourth-order valence-corrected chi connectivity index (χ4v) is 4.08. The molecule has 1 aromatic carbocycles. The molecule has 132 valence electrons. The van der Waals surface area contributed by atoms with Crippen molar-refractivity contribution in [2.75, 3.05) is 0 Å². The molecule has 3 heterocycles. The molecular formula is C19H17ClN4OS. The van der Waals surface area contributed by atoms with Gasteiger partial charge in [-0.2, -0.15) is 0 Å². The van der Waals surface area contributed by atoms with Crippen LogP contribution in [0.5, 0.6) is 0 Å². The van der Waals surface area contributed by atoms with Crippen LogP contribution < -0.4 is 0 Å². The molecule has 0 radical (unpaired) electrons. The zero-order valence-corrected chi connectivity index (χ0v) is 16.2. The van der Waals surface area contributed by atoms with Gasteiger partial charge in [0.1, 0.15) is 5.76 Å². The molecule has 5 nitrogen and oxygen atoms in total. The monoisotopic (exact) mass is 384 g/mol. The maximum absolute atomic E-state index is 6.55. The Morgan fingerprint density at radius 2 is 1.96 bits per heavy atom. The lowest BCUT2D eigenvalue weighted by molar-refractivity contribution is 0.534. The van der Waals surface area contributed by atoms with Gasteiger partial charge in [0.05, 0.1) is 28.1 Å². The van der Waals surface area contributed by atoms with Crippen molar-refractivity contribution < 1.29 is 4.42 Å². The van der Waals surface area contributed by atoms with Crippen LogP contribution in [-0.4, -0.2) is 19.7 Å². The Morgan fingerprint density at radius 3 is 2.73 bits per heavy atom. The lowest BCUT2D eigenvalue weighted by atomic mass is 10.1. The first kappa shape index (κ1) is 17.1. The van der Waals surface area contributed by atoms with Crippen LogP contribution in [0, 0.1) is 13.8 Å². The van der Waals surface area contributed by atoms with Crippen molar-refractivity contribution in [2.24, 2.45) is 7.05 Å². The number of halogens is 1. The Hall–Kier alpha value is -2.31. The number of hydrogen-bond donors (Lipinski definition) is 0. The maximum Gasteiger partial charge on any atom is 0.191 e. The number of benzene rings is 1. The topological polar surface area (TPSA) is 56.7 Å². The second-order valence-corrected chi connectivity index (χ2v) is 7.38. The molecule has 4 rings (SSSR count). The number of nitrogens with zero attached hydrogens (tertiary/aromatic N) is 4. The quantitative estimate of drug-likeness (QED) is 0.453. The molecule has 0 saturated heterocycles. The highest BCUT2D eigenvalue weighted by atomic mass is 35.5. The van der Waals surface area contributed by atoms with Crippen molar-refractivity contribution in [3.8, 4) is 11.4 Å². The molecule has 0 bridgehead atoms. The average Bonchev–Trinajstić information content (AvgIpc) is 3.22. The molecule has 4 aromatic rings. The maximum atomic E-state index is 6.55. The normalized spacial score (nSPS) is 11.4. The summed E-state index contributed by atoms with van der Waals surface area (Å²) in [6, 6.07) is 9.94. The Morgan fingerprint density at radius 1 is 1.15 bits per heavy atom. The van der Waals surface area contributed by atoms with Gasteiger partial charge < -0.3 is 8.98 Å². The van der Waals surface area contributed by atoms with Gasteiger partial charge in [0, 0.05) is 18.2 Å². The lowest BCUT2D eigenvalue weighted by Crippen LogP contribution is -1.97. The third-order valence-corrected chi connectivity index (χ3v) is 5.95. The zero-order chi connectivity index (χ0) is 18.3. The Labute approximate surface area is 160 Å². The van der Waals surface area contributed by atoms with Crippen molar-refractivity contribution in [1.82, 2.24) is 19.7 Å². The molecule has 0 spiro atoms. The summed E-state index contributed by atoms with van der Waals surface area (Å²) >= 11 is 8.12. The van der Waals surface area contributed by atoms with E-state index in [4.69, 9.17) is 21.0 Å². The van der Waals surface area contributed by atoms with Crippen molar-refractivity contribution in [3.63, 3.8) is 0 Å². The highest BCUT2D eigenvalue weighted by Gasteiger charge is 2.16. The van der Waals surface area contributed by atoms with Gasteiger partial charge in [-0.15, -0.1) is 10.2 Å². The van der Waals surface area contributed by atoms with Crippen molar-refractivity contribution in [3.05, 3.63) is 58.6 Å². The fourth-order valence-electron chi connectivity index (χ4n) is 2.94. The predicted octanol–water partition coefficient (Wildman–Crippen LogP) is 5.19. The summed E-state index contributed by atoms with van der Waals surface area (Å²) in [5.41, 5.74) is 3.82. The van der Waals surface area contributed by atoms with E-state index in [0.717, 1.165) is 44.5 Å². The fraction of sp³-hybridized carbons (Fsp3) is 0.211. The summed E-state index contributed by atoms with van der Waals surface area (Å²) in [7, 11) is 1.95. The van der Waals surface area contributed by atoms with E-state index in [1.165, 1.54) is 0 Å². The van der Waals surface area contributed by atoms with Gasteiger partial charge in [-0.05, 0) is 31.5 Å². The predicted molar refractivity (Wildman–Crippen MR) is 104 cm³/mol. The standard InChI is InChI=1S/C19H17ClN4OS/c1-11-13-6-4-5-7-15(13)21-16(17(11)20)10-26-19-23-22-18(24(19)3)14-8-9-25-12(14)2/h4-9H,10H2,1-3H3. The van der Waals surface area contributed by atoms with Gasteiger partial charge in [0.25, 0.3) is 0 Å². The number of hydrogen-bond acceptors (Lipinski definition) is 5. The first-order valence-electron chi connectivity index (χ1n) is 8.16. The minimum absolute atomic E-state index is 0.626. The smallest absolute Gasteiger partial charge is 0.191 e. The number of aryl methyl sites for hydroxylation is 2. The number of furan rings is 1. The zero-order valence-electron chi connectivity index (χ0n) is 14.7. The van der Waals surface area contributed by atoms with Crippen LogP contribution in [0.2, 0.25) is 5.02 Å². The molecule has 0 aliphatic carbocycles. The van der Waals surface area contributed by atoms with Crippen LogP contribution in [0.3, 0.4) is 0 Å². The minimum Gasteiger partial charge on any atom is -0.469 e. The molecule has 3 aromatic heterocycles. The van der Waals surface area contributed by atoms with Crippen LogP contribution in [0.15, 0.2) is 46.2 Å². The molecule has 0 unspecified atom stereocenters. The highest BCUT2D eigenvalue weighted by molar-refractivity contribution is 7.98. The van der Waals surface area contributed by atoms with E-state index in [1.807, 2.05) is 55.8 Å². The summed E-state index contributed by atoms with van der Waals surface area (Å²) in [5.74, 6) is 2.24. The van der Waals surface area contributed by atoms with E-state index in [1.54, 1.807) is 18.0 Å². The minimum atomic E-state index is 0.626. The lowest BCUT2D eigenvalue weighted by Gasteiger charge is -2.09. The number of para-hydroxylation sites is 1. The van der Waals surface area contributed by atoms with E-state index in [2.05, 4.69) is 10.2 Å². The Kier molecular flexibility index (Phi) is 4.46. The first-order valence-corrected chi connectivity index (χ1v) is 9.53. The van der Waals surface area contributed by atoms with Crippen molar-refractivity contribution >= 4 is 34.3 Å². The highest BCUT2D eigenvalue weighted by Crippen LogP contribution is 2.32. The summed E-state index contributed by atoms with van der Waals surface area (Å²) in [4.78, 5) is 4.73. The molecule has 0 N–H and O–H groups in total. The molecular weight excluding hydrogens is 368 g/mol. The number of aromatic nitrogens is 4. The van der Waals surface area contributed by atoms with Gasteiger partial charge in [-0.1, -0.05) is 41.6 Å². The van der Waals surface area contributed by atoms with Gasteiger partial charge in [-0.3, -0.25) is 4.98 Å². The average molecular weight is 385 g/mol. The van der Waals surface area contributed by atoms with Crippen molar-refractivity contribution in [2.45, 2.75) is 24.8 Å². The number of rotatable bonds is 4. The Balaban J connectivity index is 1.62. The van der Waals surface area contributed by atoms with Crippen LogP contribution >= 0.6 is 23.4 Å². The van der Waals surface area contributed by atoms with Crippen LogP contribution in [0.25, 0.3) is 22.3 Å². The van der Waals surface area contributed by atoms with E-state index in [9.17, 15) is 0 Å². The molecule has 0 atom stereocenters. The van der Waals surface area contributed by atoms with E-state index >= 15 is 0 Å². The molecule has 0 saturated carbocycles. The van der Waals surface area contributed by atoms with E-state index in [-0.39, 0.29) is 0 Å². The molecule has 0 aliphatic rings. The third-order valence-electron chi connectivity index (χ3n) is 4.42. The van der Waals surface area contributed by atoms with E-state index < -0.39 is 0 Å². The molecule has 0 fully saturated rings. The van der Waals surface area contributed by atoms with E-state index in [0.29, 0.717) is 10.8 Å². The molecule has 0 aliphatic heterocycles. The van der Waals surface area contributed by atoms with Gasteiger partial charge in [-0.25, -0.2) is 0 Å².